The largest absolute Gasteiger partial charge is 0.469 e. The molecule has 0 fully saturated rings. The molecule has 2 rings (SSSR count). The quantitative estimate of drug-likeness (QED) is 0.603. The molecule has 102 valence electrons. The number of hydrogen-bond acceptors (Lipinski definition) is 3. The van der Waals surface area contributed by atoms with Gasteiger partial charge < -0.3 is 9.47 Å². The highest BCUT2D eigenvalue weighted by molar-refractivity contribution is 5.77. The molecule has 1 aromatic carbocycles. The van der Waals surface area contributed by atoms with E-state index in [2.05, 4.69) is 6.08 Å². The van der Waals surface area contributed by atoms with Crippen LogP contribution in [0.25, 0.3) is 0 Å². The van der Waals surface area contributed by atoms with Gasteiger partial charge in [0, 0.05) is 0 Å². The second-order valence-corrected chi connectivity index (χ2v) is 4.96. The number of hydrogen-bond donors (Lipinski definition) is 0. The van der Waals surface area contributed by atoms with E-state index in [0.717, 1.165) is 18.4 Å². The fourth-order valence-corrected chi connectivity index (χ4v) is 2.42. The molecular formula is C16H20O3. The first kappa shape index (κ1) is 13.8. The van der Waals surface area contributed by atoms with Gasteiger partial charge in [-0.15, -0.1) is 0 Å². The zero-order valence-corrected chi connectivity index (χ0v) is 11.3. The minimum absolute atomic E-state index is 0.162. The van der Waals surface area contributed by atoms with Crippen LogP contribution in [0.4, 0.5) is 0 Å². The van der Waals surface area contributed by atoms with Crippen molar-refractivity contribution in [2.45, 2.75) is 25.9 Å². The predicted octanol–water partition coefficient (Wildman–Crippen LogP) is 3.10. The normalized spacial score (nSPS) is 22.2. The number of rotatable bonds is 5. The van der Waals surface area contributed by atoms with Gasteiger partial charge in [0.25, 0.3) is 0 Å². The number of esters is 1. The molecule has 1 aliphatic rings. The van der Waals surface area contributed by atoms with Gasteiger partial charge in [0.1, 0.15) is 0 Å². The molecule has 3 heteroatoms. The van der Waals surface area contributed by atoms with Gasteiger partial charge in [-0.2, -0.15) is 0 Å². The third-order valence-electron chi connectivity index (χ3n) is 3.57. The summed E-state index contributed by atoms with van der Waals surface area (Å²) in [6, 6.07) is 9.98. The number of carbonyl (C=O) groups is 1. The molecule has 1 aromatic rings. The molecule has 0 bridgehead atoms. The Bertz CT molecular complexity index is 439. The van der Waals surface area contributed by atoms with Gasteiger partial charge in [0.15, 0.2) is 0 Å². The standard InChI is InChI=1S/C16H20O3/c1-18-15(17)16(10-6-3-7-11-16)13-19-12-14-8-4-2-5-9-14/h2-6,8-9H,7,10-13H2,1H3. The van der Waals surface area contributed by atoms with Crippen molar-refractivity contribution in [3.05, 3.63) is 48.0 Å². The number of ether oxygens (including phenoxy) is 2. The second kappa shape index (κ2) is 6.53. The molecule has 0 saturated carbocycles. The Morgan fingerprint density at radius 2 is 2.05 bits per heavy atom. The van der Waals surface area contributed by atoms with Crippen LogP contribution in [0.2, 0.25) is 0 Å². The Morgan fingerprint density at radius 1 is 1.26 bits per heavy atom. The number of benzene rings is 1. The third kappa shape index (κ3) is 3.44. The van der Waals surface area contributed by atoms with Crippen molar-refractivity contribution in [3.63, 3.8) is 0 Å². The van der Waals surface area contributed by atoms with Gasteiger partial charge >= 0.3 is 5.97 Å². The Balaban J connectivity index is 1.94. The highest BCUT2D eigenvalue weighted by atomic mass is 16.5. The van der Waals surface area contributed by atoms with Crippen molar-refractivity contribution < 1.29 is 14.3 Å². The maximum Gasteiger partial charge on any atom is 0.314 e. The van der Waals surface area contributed by atoms with Crippen molar-refractivity contribution in [1.29, 1.82) is 0 Å². The average Bonchev–Trinajstić information content (AvgIpc) is 2.48. The Hall–Kier alpha value is -1.61. The monoisotopic (exact) mass is 260 g/mol. The highest BCUT2D eigenvalue weighted by Crippen LogP contribution is 2.34. The van der Waals surface area contributed by atoms with E-state index in [4.69, 9.17) is 9.47 Å². The second-order valence-electron chi connectivity index (χ2n) is 4.96. The van der Waals surface area contributed by atoms with Crippen molar-refractivity contribution >= 4 is 5.97 Å². The fraction of sp³-hybridized carbons (Fsp3) is 0.438. The van der Waals surface area contributed by atoms with Gasteiger partial charge in [-0.1, -0.05) is 42.5 Å². The lowest BCUT2D eigenvalue weighted by atomic mass is 9.78. The lowest BCUT2D eigenvalue weighted by Gasteiger charge is -2.31. The summed E-state index contributed by atoms with van der Waals surface area (Å²) in [6.45, 7) is 0.947. The molecule has 0 amide bonds. The zero-order valence-electron chi connectivity index (χ0n) is 11.3. The fourth-order valence-electron chi connectivity index (χ4n) is 2.42. The average molecular weight is 260 g/mol. The van der Waals surface area contributed by atoms with Crippen LogP contribution in [0.5, 0.6) is 0 Å². The summed E-state index contributed by atoms with van der Waals surface area (Å²) in [5.74, 6) is -0.162. The summed E-state index contributed by atoms with van der Waals surface area (Å²) in [4.78, 5) is 12.0. The summed E-state index contributed by atoms with van der Waals surface area (Å²) in [6.07, 6.45) is 6.56. The summed E-state index contributed by atoms with van der Waals surface area (Å²) in [5.41, 5.74) is 0.618. The van der Waals surface area contributed by atoms with Crippen LogP contribution >= 0.6 is 0 Å². The Kier molecular flexibility index (Phi) is 4.74. The van der Waals surface area contributed by atoms with Crippen LogP contribution in [0.1, 0.15) is 24.8 Å². The van der Waals surface area contributed by atoms with E-state index in [0.29, 0.717) is 19.6 Å². The molecular weight excluding hydrogens is 240 g/mol. The molecule has 19 heavy (non-hydrogen) atoms. The predicted molar refractivity (Wildman–Crippen MR) is 73.5 cm³/mol. The SMILES string of the molecule is COC(=O)C1(COCc2ccccc2)CC=CCC1. The topological polar surface area (TPSA) is 35.5 Å². The number of methoxy groups -OCH3 is 1. The first-order valence-corrected chi connectivity index (χ1v) is 6.62. The van der Waals surface area contributed by atoms with Crippen LogP contribution in [0.3, 0.4) is 0 Å². The lowest BCUT2D eigenvalue weighted by Crippen LogP contribution is -2.37. The highest BCUT2D eigenvalue weighted by Gasteiger charge is 2.39. The summed E-state index contributed by atoms with van der Waals surface area (Å²) >= 11 is 0. The third-order valence-corrected chi connectivity index (χ3v) is 3.57. The Labute approximate surface area is 114 Å². The molecule has 0 spiro atoms. The van der Waals surface area contributed by atoms with Crippen molar-refractivity contribution in [1.82, 2.24) is 0 Å². The minimum Gasteiger partial charge on any atom is -0.469 e. The molecule has 0 radical (unpaired) electrons. The van der Waals surface area contributed by atoms with Crippen molar-refractivity contribution in [2.24, 2.45) is 5.41 Å². The van der Waals surface area contributed by atoms with Gasteiger partial charge in [0.2, 0.25) is 0 Å². The van der Waals surface area contributed by atoms with Gasteiger partial charge in [0.05, 0.1) is 25.7 Å². The molecule has 0 saturated heterocycles. The number of carbonyl (C=O) groups excluding carboxylic acids is 1. The van der Waals surface area contributed by atoms with Gasteiger partial charge in [-0.3, -0.25) is 4.79 Å². The summed E-state index contributed by atoms with van der Waals surface area (Å²) in [7, 11) is 1.44. The van der Waals surface area contributed by atoms with E-state index in [1.54, 1.807) is 0 Å². The van der Waals surface area contributed by atoms with E-state index in [-0.39, 0.29) is 5.97 Å². The van der Waals surface area contributed by atoms with Crippen LogP contribution in [0.15, 0.2) is 42.5 Å². The van der Waals surface area contributed by atoms with Gasteiger partial charge in [-0.05, 0) is 24.8 Å². The van der Waals surface area contributed by atoms with E-state index in [1.807, 2.05) is 36.4 Å². The molecule has 1 unspecified atom stereocenters. The first-order valence-electron chi connectivity index (χ1n) is 6.62. The van der Waals surface area contributed by atoms with Gasteiger partial charge in [-0.25, -0.2) is 0 Å². The van der Waals surface area contributed by atoms with E-state index >= 15 is 0 Å². The first-order chi connectivity index (χ1) is 9.27. The molecule has 0 N–H and O–H groups in total. The number of allylic oxidation sites excluding steroid dienone is 2. The molecule has 0 heterocycles. The van der Waals surface area contributed by atoms with Crippen LogP contribution in [-0.2, 0) is 20.9 Å². The lowest BCUT2D eigenvalue weighted by molar-refractivity contribution is -0.158. The van der Waals surface area contributed by atoms with Crippen molar-refractivity contribution in [2.75, 3.05) is 13.7 Å². The Morgan fingerprint density at radius 3 is 2.68 bits per heavy atom. The molecule has 1 aliphatic carbocycles. The molecule has 0 aromatic heterocycles. The van der Waals surface area contributed by atoms with Crippen LogP contribution in [0, 0.1) is 5.41 Å². The molecule has 3 nitrogen and oxygen atoms in total. The minimum atomic E-state index is -0.502. The summed E-state index contributed by atoms with van der Waals surface area (Å²) < 4.78 is 10.7. The maximum absolute atomic E-state index is 12.0. The van der Waals surface area contributed by atoms with E-state index < -0.39 is 5.41 Å². The smallest absolute Gasteiger partial charge is 0.314 e. The van der Waals surface area contributed by atoms with Crippen LogP contribution in [-0.4, -0.2) is 19.7 Å². The van der Waals surface area contributed by atoms with Crippen LogP contribution < -0.4 is 0 Å². The maximum atomic E-state index is 12.0. The molecule has 0 aliphatic heterocycles. The molecule has 1 atom stereocenters. The van der Waals surface area contributed by atoms with Crippen molar-refractivity contribution in [3.8, 4) is 0 Å². The van der Waals surface area contributed by atoms with E-state index in [1.165, 1.54) is 7.11 Å². The zero-order chi connectivity index (χ0) is 13.6. The van der Waals surface area contributed by atoms with E-state index in [9.17, 15) is 4.79 Å². The summed E-state index contributed by atoms with van der Waals surface area (Å²) in [5, 5.41) is 0.